The van der Waals surface area contributed by atoms with Crippen LogP contribution in [0.1, 0.15) is 113 Å². The Morgan fingerprint density at radius 1 is 0.565 bits per heavy atom. The molecular formula is C46H60. The molecule has 0 aromatic heterocycles. The van der Waals surface area contributed by atoms with E-state index in [-0.39, 0.29) is 10.8 Å². The van der Waals surface area contributed by atoms with Crippen LogP contribution in [0.2, 0.25) is 0 Å². The summed E-state index contributed by atoms with van der Waals surface area (Å²) in [5.74, 6) is 0. The molecule has 0 radical (unpaired) electrons. The van der Waals surface area contributed by atoms with Gasteiger partial charge in [-0.3, -0.25) is 0 Å². The molecule has 0 fully saturated rings. The number of rotatable bonds is 11. The normalized spacial score (nSPS) is 20.8. The van der Waals surface area contributed by atoms with Crippen molar-refractivity contribution in [3.8, 4) is 0 Å². The summed E-state index contributed by atoms with van der Waals surface area (Å²) in [5.41, 5.74) is 14.0. The lowest BCUT2D eigenvalue weighted by Crippen LogP contribution is -2.19. The van der Waals surface area contributed by atoms with Crippen molar-refractivity contribution in [2.45, 2.75) is 108 Å². The average Bonchev–Trinajstić information content (AvgIpc) is 2.98. The highest BCUT2D eigenvalue weighted by atomic mass is 14.3. The minimum absolute atomic E-state index is 0.271. The quantitative estimate of drug-likeness (QED) is 0.218. The Bertz CT molecular complexity index is 1540. The van der Waals surface area contributed by atoms with Gasteiger partial charge in [-0.05, 0) is 113 Å². The summed E-state index contributed by atoms with van der Waals surface area (Å²) >= 11 is 0. The zero-order valence-corrected chi connectivity index (χ0v) is 30.6. The smallest absolute Gasteiger partial charge is 0.0104 e. The van der Waals surface area contributed by atoms with Gasteiger partial charge in [0.15, 0.2) is 0 Å². The van der Waals surface area contributed by atoms with Crippen molar-refractivity contribution in [2.24, 2.45) is 10.8 Å². The Hall–Kier alpha value is -3.64. The fourth-order valence-corrected chi connectivity index (χ4v) is 6.69. The third-order valence-electron chi connectivity index (χ3n) is 9.56. The van der Waals surface area contributed by atoms with Gasteiger partial charge >= 0.3 is 0 Å². The number of hydrogen-bond acceptors (Lipinski definition) is 0. The van der Waals surface area contributed by atoms with E-state index >= 15 is 0 Å². The summed E-state index contributed by atoms with van der Waals surface area (Å²) < 4.78 is 0. The molecule has 0 N–H and O–H groups in total. The van der Waals surface area contributed by atoms with Gasteiger partial charge in [0, 0.05) is 0 Å². The first-order valence-corrected chi connectivity index (χ1v) is 17.4. The SMILES string of the molecule is CC1=C(/C=C/C(C)=C/C=C/C(C)=C/C=C(/C=C(C)/C=C/C=C(C)/C=C/C2=C(C)CCCC2(C)C)c2ccccc2)C(C)(C)CCC1. The molecule has 0 atom stereocenters. The van der Waals surface area contributed by atoms with Gasteiger partial charge in [0.25, 0.3) is 0 Å². The van der Waals surface area contributed by atoms with Crippen LogP contribution in [-0.4, -0.2) is 0 Å². The Kier molecular flexibility index (Phi) is 13.9. The predicted molar refractivity (Wildman–Crippen MR) is 207 cm³/mol. The van der Waals surface area contributed by atoms with Crippen LogP contribution in [-0.2, 0) is 0 Å². The summed E-state index contributed by atoms with van der Waals surface area (Å²) in [7, 11) is 0. The maximum atomic E-state index is 2.38. The Morgan fingerprint density at radius 2 is 1.02 bits per heavy atom. The van der Waals surface area contributed by atoms with Crippen LogP contribution in [0.15, 0.2) is 154 Å². The highest BCUT2D eigenvalue weighted by Gasteiger charge is 2.27. The van der Waals surface area contributed by atoms with E-state index in [1.165, 1.54) is 83.1 Å². The van der Waals surface area contributed by atoms with E-state index in [2.05, 4.69) is 179 Å². The average molecular weight is 613 g/mol. The molecule has 0 amide bonds. The third kappa shape index (κ3) is 11.6. The predicted octanol–water partition coefficient (Wildman–Crippen LogP) is 14.1. The number of allylic oxidation sites excluding steroid dienone is 22. The van der Waals surface area contributed by atoms with Crippen molar-refractivity contribution in [3.63, 3.8) is 0 Å². The molecule has 0 saturated carbocycles. The van der Waals surface area contributed by atoms with Gasteiger partial charge in [0.2, 0.25) is 0 Å². The molecule has 0 bridgehead atoms. The largest absolute Gasteiger partial charge is 0.0696 e. The van der Waals surface area contributed by atoms with Crippen molar-refractivity contribution in [2.75, 3.05) is 0 Å². The van der Waals surface area contributed by atoms with E-state index < -0.39 is 0 Å². The molecule has 2 aliphatic rings. The summed E-state index contributed by atoms with van der Waals surface area (Å²) in [6, 6.07) is 10.6. The van der Waals surface area contributed by atoms with E-state index in [0.29, 0.717) is 0 Å². The second-order valence-corrected chi connectivity index (χ2v) is 14.9. The van der Waals surface area contributed by atoms with Gasteiger partial charge in [0.05, 0.1) is 0 Å². The third-order valence-corrected chi connectivity index (χ3v) is 9.56. The highest BCUT2D eigenvalue weighted by Crippen LogP contribution is 2.41. The van der Waals surface area contributed by atoms with Gasteiger partial charge < -0.3 is 0 Å². The molecule has 0 heterocycles. The molecule has 0 heteroatoms. The first-order valence-electron chi connectivity index (χ1n) is 17.4. The molecule has 2 aliphatic carbocycles. The van der Waals surface area contributed by atoms with Gasteiger partial charge in [-0.1, -0.05) is 170 Å². The molecular weight excluding hydrogens is 553 g/mol. The molecule has 1 aromatic carbocycles. The monoisotopic (exact) mass is 612 g/mol. The minimum Gasteiger partial charge on any atom is -0.0696 e. The van der Waals surface area contributed by atoms with Crippen molar-refractivity contribution in [3.05, 3.63) is 159 Å². The maximum Gasteiger partial charge on any atom is -0.0104 e. The molecule has 0 unspecified atom stereocenters. The first-order chi connectivity index (χ1) is 21.8. The van der Waals surface area contributed by atoms with Crippen molar-refractivity contribution < 1.29 is 0 Å². The number of benzene rings is 1. The lowest BCUT2D eigenvalue weighted by molar-refractivity contribution is 0.376. The molecule has 0 nitrogen and oxygen atoms in total. The summed E-state index contributed by atoms with van der Waals surface area (Å²) in [4.78, 5) is 0. The zero-order valence-electron chi connectivity index (χ0n) is 30.6. The highest BCUT2D eigenvalue weighted by molar-refractivity contribution is 5.76. The van der Waals surface area contributed by atoms with Gasteiger partial charge in [0.1, 0.15) is 0 Å². The van der Waals surface area contributed by atoms with E-state index in [0.717, 1.165) is 0 Å². The van der Waals surface area contributed by atoms with Crippen molar-refractivity contribution >= 4 is 5.57 Å². The molecule has 244 valence electrons. The molecule has 0 aliphatic heterocycles. The second kappa shape index (κ2) is 17.3. The topological polar surface area (TPSA) is 0 Å². The Balaban J connectivity index is 1.72. The van der Waals surface area contributed by atoms with Gasteiger partial charge in [-0.2, -0.15) is 0 Å². The van der Waals surface area contributed by atoms with Crippen LogP contribution in [0.25, 0.3) is 5.57 Å². The van der Waals surface area contributed by atoms with E-state index in [1.807, 2.05) is 0 Å². The minimum atomic E-state index is 0.271. The molecule has 3 rings (SSSR count). The maximum absolute atomic E-state index is 2.38. The summed E-state index contributed by atoms with van der Waals surface area (Å²) in [6.07, 6.45) is 36.7. The van der Waals surface area contributed by atoms with E-state index in [1.54, 1.807) is 11.1 Å². The van der Waals surface area contributed by atoms with Gasteiger partial charge in [-0.25, -0.2) is 0 Å². The van der Waals surface area contributed by atoms with Crippen molar-refractivity contribution in [1.29, 1.82) is 0 Å². The van der Waals surface area contributed by atoms with Gasteiger partial charge in [-0.15, -0.1) is 0 Å². The van der Waals surface area contributed by atoms with E-state index in [4.69, 9.17) is 0 Å². The van der Waals surface area contributed by atoms with E-state index in [9.17, 15) is 0 Å². The molecule has 1 aromatic rings. The number of hydrogen-bond donors (Lipinski definition) is 0. The van der Waals surface area contributed by atoms with Crippen LogP contribution in [0.5, 0.6) is 0 Å². The Morgan fingerprint density at radius 3 is 1.50 bits per heavy atom. The van der Waals surface area contributed by atoms with Crippen molar-refractivity contribution in [1.82, 2.24) is 0 Å². The fourth-order valence-electron chi connectivity index (χ4n) is 6.69. The van der Waals surface area contributed by atoms with Crippen LogP contribution in [0, 0.1) is 10.8 Å². The summed E-state index contributed by atoms with van der Waals surface area (Å²) in [5, 5.41) is 0. The first kappa shape index (κ1) is 36.8. The Labute approximate surface area is 282 Å². The van der Waals surface area contributed by atoms with Crippen LogP contribution >= 0.6 is 0 Å². The lowest BCUT2D eigenvalue weighted by Gasteiger charge is -2.33. The molecule has 46 heavy (non-hydrogen) atoms. The fraction of sp³-hybridized carbons (Fsp3) is 0.391. The standard InChI is InChI=1S/C46H60/c1-35(18-14-19-36(2)27-30-43-39(5)22-16-32-45(43,7)8)26-29-42(41-24-12-11-13-25-41)34-38(4)21-15-20-37(3)28-31-44-40(6)23-17-33-46(44,9)10/h11-15,18-21,24-31,34H,16-17,22-23,32-33H2,1-10H3/b18-14+,21-15+,30-27+,31-28+,35-26+,36-19+,37-20+,38-34+,42-29-. The molecule has 0 saturated heterocycles. The second-order valence-electron chi connectivity index (χ2n) is 14.9. The molecule has 0 spiro atoms. The zero-order chi connectivity index (χ0) is 33.7. The lowest BCUT2D eigenvalue weighted by atomic mass is 9.72. The van der Waals surface area contributed by atoms with Crippen LogP contribution in [0.3, 0.4) is 0 Å². The summed E-state index contributed by atoms with van der Waals surface area (Å²) in [6.45, 7) is 22.8. The van der Waals surface area contributed by atoms with Crippen LogP contribution in [0.4, 0.5) is 0 Å². The van der Waals surface area contributed by atoms with Crippen LogP contribution < -0.4 is 0 Å².